The number of benzene rings is 2. The van der Waals surface area contributed by atoms with Gasteiger partial charge in [-0.1, -0.05) is 44.2 Å². The number of rotatable bonds is 5. The molecule has 2 aliphatic rings. The van der Waals surface area contributed by atoms with E-state index in [0.717, 1.165) is 10.5 Å². The van der Waals surface area contributed by atoms with E-state index in [2.05, 4.69) is 5.10 Å². The Labute approximate surface area is 238 Å². The minimum Gasteiger partial charge on any atom is -0.443 e. The Balaban J connectivity index is 0.00000370. The zero-order chi connectivity index (χ0) is 27.9. The molecule has 0 saturated carbocycles. The Morgan fingerprint density at radius 3 is 2.40 bits per heavy atom. The van der Waals surface area contributed by atoms with Crippen LogP contribution in [0.15, 0.2) is 54.7 Å². The van der Waals surface area contributed by atoms with Gasteiger partial charge in [-0.25, -0.2) is 9.59 Å². The van der Waals surface area contributed by atoms with E-state index in [0.29, 0.717) is 42.5 Å². The number of urea groups is 1. The summed E-state index contributed by atoms with van der Waals surface area (Å²) in [7, 11) is 1.47. The molecule has 0 aliphatic carbocycles. The molecule has 5 rings (SSSR count). The summed E-state index contributed by atoms with van der Waals surface area (Å²) >= 11 is 0. The lowest BCUT2D eigenvalue weighted by Gasteiger charge is -2.42. The molecule has 2 aliphatic heterocycles. The molecule has 212 valence electrons. The predicted molar refractivity (Wildman–Crippen MR) is 151 cm³/mol. The molecule has 4 amide bonds. The highest BCUT2D eigenvalue weighted by Gasteiger charge is 2.58. The first-order valence-corrected chi connectivity index (χ1v) is 13.0. The first-order valence-electron chi connectivity index (χ1n) is 13.0. The molecule has 40 heavy (non-hydrogen) atoms. The van der Waals surface area contributed by atoms with E-state index in [-0.39, 0.29) is 36.7 Å². The van der Waals surface area contributed by atoms with Gasteiger partial charge in [-0.2, -0.15) is 9.78 Å². The van der Waals surface area contributed by atoms with Crippen LogP contribution in [0.1, 0.15) is 32.3 Å². The van der Waals surface area contributed by atoms with E-state index in [1.807, 2.05) is 44.2 Å². The van der Waals surface area contributed by atoms with Crippen LogP contribution in [0.5, 0.6) is 0 Å². The van der Waals surface area contributed by atoms with Gasteiger partial charge in [0, 0.05) is 31.2 Å². The fourth-order valence-corrected chi connectivity index (χ4v) is 5.30. The van der Waals surface area contributed by atoms with Crippen molar-refractivity contribution in [3.63, 3.8) is 0 Å². The quantitative estimate of drug-likeness (QED) is 0.467. The fourth-order valence-electron chi connectivity index (χ4n) is 5.30. The number of amides is 4. The number of likely N-dealkylation sites (tertiary alicyclic amines) is 1. The highest BCUT2D eigenvalue weighted by Crippen LogP contribution is 2.41. The van der Waals surface area contributed by atoms with Crippen molar-refractivity contribution in [2.45, 2.75) is 44.9 Å². The van der Waals surface area contributed by atoms with Gasteiger partial charge in [0.25, 0.3) is 5.91 Å². The molecule has 3 heterocycles. The fraction of sp³-hybridized carbons (Fsp3) is 0.393. The number of halogens is 1. The van der Waals surface area contributed by atoms with Crippen molar-refractivity contribution >= 4 is 52.9 Å². The highest BCUT2D eigenvalue weighted by molar-refractivity contribution is 6.17. The summed E-state index contributed by atoms with van der Waals surface area (Å²) in [5, 5.41) is 4.81. The average molecular weight is 569 g/mol. The summed E-state index contributed by atoms with van der Waals surface area (Å²) in [5.74, 6) is -0.452. The molecular formula is C28H33ClN6O5. The Hall–Kier alpha value is -3.96. The number of nitrogens with zero attached hydrogens (tertiary/aromatic N) is 5. The van der Waals surface area contributed by atoms with E-state index in [9.17, 15) is 19.2 Å². The van der Waals surface area contributed by atoms with Crippen LogP contribution in [-0.2, 0) is 20.9 Å². The number of ether oxygens (including phenoxy) is 1. The van der Waals surface area contributed by atoms with Gasteiger partial charge >= 0.3 is 12.1 Å². The van der Waals surface area contributed by atoms with Gasteiger partial charge < -0.3 is 15.4 Å². The molecule has 2 fully saturated rings. The molecule has 2 aromatic carbocycles. The largest absolute Gasteiger partial charge is 0.443 e. The molecule has 1 aromatic heterocycles. The number of anilines is 1. The lowest BCUT2D eigenvalue weighted by atomic mass is 9.85. The van der Waals surface area contributed by atoms with Gasteiger partial charge in [0.2, 0.25) is 5.91 Å². The third kappa shape index (κ3) is 4.90. The number of piperidine rings is 1. The molecule has 0 bridgehead atoms. The minimum absolute atomic E-state index is 0. The van der Waals surface area contributed by atoms with E-state index in [1.165, 1.54) is 22.8 Å². The summed E-state index contributed by atoms with van der Waals surface area (Å²) in [6.07, 6.45) is 1.49. The van der Waals surface area contributed by atoms with Crippen molar-refractivity contribution in [1.29, 1.82) is 0 Å². The second-order valence-corrected chi connectivity index (χ2v) is 10.4. The number of hydrogen-bond donors (Lipinski definition) is 1. The van der Waals surface area contributed by atoms with Gasteiger partial charge in [-0.3, -0.25) is 19.4 Å². The lowest BCUT2D eigenvalue weighted by molar-refractivity contribution is -0.139. The molecule has 1 spiro atoms. The number of carbonyl (C=O) groups excluding carboxylic acids is 4. The minimum atomic E-state index is -1.11. The van der Waals surface area contributed by atoms with Crippen LogP contribution >= 0.6 is 12.4 Å². The number of fused-ring (bicyclic) bond motifs is 1. The van der Waals surface area contributed by atoms with Crippen molar-refractivity contribution in [3.05, 3.63) is 60.3 Å². The summed E-state index contributed by atoms with van der Waals surface area (Å²) in [6.45, 7) is 4.53. The number of hydrogen-bond acceptors (Lipinski definition) is 7. The Morgan fingerprint density at radius 2 is 1.75 bits per heavy atom. The van der Waals surface area contributed by atoms with Gasteiger partial charge in [0.1, 0.15) is 12.1 Å². The maximum Gasteiger partial charge on any atom is 0.435 e. The Morgan fingerprint density at radius 1 is 1.07 bits per heavy atom. The lowest BCUT2D eigenvalue weighted by Crippen LogP contribution is -2.59. The maximum atomic E-state index is 13.4. The molecule has 1 atom stereocenters. The number of nitrogens with two attached hydrogens (primary N) is 1. The molecule has 2 N–H and O–H groups in total. The van der Waals surface area contributed by atoms with E-state index in [1.54, 1.807) is 23.1 Å². The topological polar surface area (TPSA) is 131 Å². The van der Waals surface area contributed by atoms with Crippen molar-refractivity contribution in [1.82, 2.24) is 19.6 Å². The van der Waals surface area contributed by atoms with Gasteiger partial charge in [-0.15, -0.1) is 12.4 Å². The van der Waals surface area contributed by atoms with Gasteiger partial charge in [-0.05, 0) is 42.5 Å². The van der Waals surface area contributed by atoms with Crippen LogP contribution in [0.2, 0.25) is 0 Å². The van der Waals surface area contributed by atoms with E-state index < -0.39 is 23.7 Å². The standard InChI is InChI=1S/C28H32N6O5.ClH/c1-18(2)23(29)24(35)32-13-11-28(12-14-32)25(36)31(3)26(37)33(28)21-9-10-22-20(15-21)16-30-34(22)27(38)39-17-19-7-5-4-6-8-19;/h4-10,15-16,18,23H,11-14,17,29H2,1-3H3;1H/t23-;/m1./s1. The zero-order valence-electron chi connectivity index (χ0n) is 22.6. The smallest absolute Gasteiger partial charge is 0.435 e. The summed E-state index contributed by atoms with van der Waals surface area (Å²) in [6, 6.07) is 13.4. The molecule has 0 radical (unpaired) electrons. The molecular weight excluding hydrogens is 536 g/mol. The molecule has 2 saturated heterocycles. The van der Waals surface area contributed by atoms with Crippen molar-refractivity contribution in [3.8, 4) is 0 Å². The van der Waals surface area contributed by atoms with Crippen molar-refractivity contribution in [2.75, 3.05) is 25.0 Å². The summed E-state index contributed by atoms with van der Waals surface area (Å²) < 4.78 is 6.58. The highest BCUT2D eigenvalue weighted by atomic mass is 35.5. The monoisotopic (exact) mass is 568 g/mol. The van der Waals surface area contributed by atoms with Crippen LogP contribution in [-0.4, -0.2) is 75.2 Å². The first kappa shape index (κ1) is 29.0. The van der Waals surface area contributed by atoms with Crippen LogP contribution in [0, 0.1) is 5.92 Å². The maximum absolute atomic E-state index is 13.4. The number of carbonyl (C=O) groups is 4. The number of likely N-dealkylation sites (N-methyl/N-ethyl adjacent to an activating group) is 1. The first-order chi connectivity index (χ1) is 18.6. The van der Waals surface area contributed by atoms with Crippen LogP contribution in [0.25, 0.3) is 10.9 Å². The molecule has 11 nitrogen and oxygen atoms in total. The second kappa shape index (κ2) is 11.3. The zero-order valence-corrected chi connectivity index (χ0v) is 23.5. The molecule has 0 unspecified atom stereocenters. The van der Waals surface area contributed by atoms with Crippen molar-refractivity contribution in [2.24, 2.45) is 11.7 Å². The summed E-state index contributed by atoms with van der Waals surface area (Å²) in [5.41, 5.74) is 6.86. The van der Waals surface area contributed by atoms with Gasteiger partial charge in [0.05, 0.1) is 17.8 Å². The predicted octanol–water partition coefficient (Wildman–Crippen LogP) is 3.39. The van der Waals surface area contributed by atoms with Crippen LogP contribution in [0.4, 0.5) is 15.3 Å². The number of imide groups is 1. The molecule has 3 aromatic rings. The molecule has 12 heteroatoms. The van der Waals surface area contributed by atoms with Gasteiger partial charge in [0.15, 0.2) is 0 Å². The third-order valence-electron chi connectivity index (χ3n) is 7.70. The van der Waals surface area contributed by atoms with E-state index >= 15 is 0 Å². The van der Waals surface area contributed by atoms with Crippen LogP contribution in [0.3, 0.4) is 0 Å². The summed E-state index contributed by atoms with van der Waals surface area (Å²) in [4.78, 5) is 56.6. The number of aromatic nitrogens is 2. The van der Waals surface area contributed by atoms with Crippen LogP contribution < -0.4 is 10.6 Å². The third-order valence-corrected chi connectivity index (χ3v) is 7.70. The Bertz CT molecular complexity index is 1430. The SMILES string of the molecule is CC(C)[C@@H](N)C(=O)N1CCC2(CC1)C(=O)N(C)C(=O)N2c1ccc2c(cnn2C(=O)OCc2ccccc2)c1.Cl. The Kier molecular flexibility index (Phi) is 8.18. The normalized spacial score (nSPS) is 17.5. The van der Waals surface area contributed by atoms with E-state index in [4.69, 9.17) is 10.5 Å². The average Bonchev–Trinajstić information content (AvgIpc) is 3.45. The van der Waals surface area contributed by atoms with Crippen molar-refractivity contribution < 1.29 is 23.9 Å². The second-order valence-electron chi connectivity index (χ2n) is 10.4.